The maximum atomic E-state index is 11.8. The number of carbonyl (C=O) groups excluding carboxylic acids is 1. The number of amides is 1. The molecule has 0 atom stereocenters. The van der Waals surface area contributed by atoms with Gasteiger partial charge in [-0.1, -0.05) is 36.8 Å². The molecule has 4 N–H and O–H groups in total. The smallest absolute Gasteiger partial charge is 0.407 e. The van der Waals surface area contributed by atoms with E-state index in [2.05, 4.69) is 39.4 Å². The number of ether oxygens (including phenoxy) is 1. The molecule has 33 heavy (non-hydrogen) atoms. The van der Waals surface area contributed by atoms with Crippen molar-refractivity contribution in [1.82, 2.24) is 10.2 Å². The monoisotopic (exact) mass is 445 g/mol. The lowest BCUT2D eigenvalue weighted by Gasteiger charge is -2.32. The molecular weight excluding hydrogens is 414 g/mol. The van der Waals surface area contributed by atoms with Crippen LogP contribution in [0.4, 0.5) is 16.2 Å². The summed E-state index contributed by atoms with van der Waals surface area (Å²) in [7, 11) is 1.86. The summed E-state index contributed by atoms with van der Waals surface area (Å²) in [5, 5.41) is 18.1. The molecule has 3 rings (SSSR count). The highest BCUT2D eigenvalue weighted by atomic mass is 16.5. The van der Waals surface area contributed by atoms with Gasteiger partial charge in [-0.2, -0.15) is 0 Å². The van der Waals surface area contributed by atoms with E-state index in [1.165, 1.54) is 0 Å². The number of alkyl carbamates (subject to hydrolysis) is 1. The van der Waals surface area contributed by atoms with Crippen molar-refractivity contribution in [3.63, 3.8) is 0 Å². The average Bonchev–Trinajstić information content (AvgIpc) is 2.83. The third-order valence-electron chi connectivity index (χ3n) is 5.60. The number of benzene rings is 2. The fraction of sp³-hybridized carbons (Fsp3) is 0.308. The second-order valence-electron chi connectivity index (χ2n) is 7.90. The average molecular weight is 446 g/mol. The van der Waals surface area contributed by atoms with Gasteiger partial charge in [-0.15, -0.1) is 6.42 Å². The highest BCUT2D eigenvalue weighted by Gasteiger charge is 2.23. The maximum absolute atomic E-state index is 11.8. The molecule has 1 aliphatic heterocycles. The molecule has 0 radical (unpaired) electrons. The molecule has 7 heteroatoms. The molecule has 7 nitrogen and oxygen atoms in total. The normalized spacial score (nSPS) is 14.1. The van der Waals surface area contributed by atoms with Gasteiger partial charge in [0.1, 0.15) is 12.4 Å². The first kappa shape index (κ1) is 23.9. The zero-order valence-corrected chi connectivity index (χ0v) is 19.0. The molecule has 1 saturated heterocycles. The number of anilines is 2. The van der Waals surface area contributed by atoms with Crippen LogP contribution in [0.2, 0.25) is 0 Å². The van der Waals surface area contributed by atoms with Gasteiger partial charge in [0.2, 0.25) is 0 Å². The Bertz CT molecular complexity index is 1040. The van der Waals surface area contributed by atoms with Crippen LogP contribution >= 0.6 is 0 Å². The van der Waals surface area contributed by atoms with Gasteiger partial charge in [-0.3, -0.25) is 10.3 Å². The zero-order valence-electron chi connectivity index (χ0n) is 19.0. The van der Waals surface area contributed by atoms with Gasteiger partial charge in [0.15, 0.2) is 0 Å². The van der Waals surface area contributed by atoms with Crippen LogP contribution in [0.15, 0.2) is 55.1 Å². The number of nitrogens with zero attached hydrogens (tertiary/aromatic N) is 1. The van der Waals surface area contributed by atoms with E-state index >= 15 is 0 Å². The molecule has 1 fully saturated rings. The lowest BCUT2D eigenvalue weighted by Crippen LogP contribution is -2.44. The van der Waals surface area contributed by atoms with E-state index in [-0.39, 0.29) is 12.6 Å². The standard InChI is InChI=1S/C26H31N5O2/c1-4-16-33-26(32)30-21-12-14-31(15-13-21)18-20-9-7-11-23(28-3)24(20)25(27)29-22-10-6-8-19(5-2)17-22/h2,4,6-11,17,21,28H,1,12-16,18H2,3H3,(H2,27,29)(H,30,32). The molecule has 172 valence electrons. The van der Waals surface area contributed by atoms with E-state index in [9.17, 15) is 4.79 Å². The van der Waals surface area contributed by atoms with Crippen molar-refractivity contribution in [2.24, 2.45) is 0 Å². The summed E-state index contributed by atoms with van der Waals surface area (Å²) in [6.45, 7) is 6.17. The van der Waals surface area contributed by atoms with Crippen molar-refractivity contribution < 1.29 is 9.53 Å². The SMILES string of the molecule is C#Cc1cccc(NC(=N)c2c(CN3CCC(NC(=O)OCC=C)CC3)cccc2NC)c1. The van der Waals surface area contributed by atoms with E-state index in [4.69, 9.17) is 16.6 Å². The molecule has 1 aliphatic rings. The van der Waals surface area contributed by atoms with E-state index in [0.29, 0.717) is 12.4 Å². The summed E-state index contributed by atoms with van der Waals surface area (Å²) in [6.07, 6.45) is 8.36. The minimum Gasteiger partial charge on any atom is -0.445 e. The molecular formula is C26H31N5O2. The van der Waals surface area contributed by atoms with Gasteiger partial charge >= 0.3 is 6.09 Å². The number of hydrogen-bond acceptors (Lipinski definition) is 5. The van der Waals surface area contributed by atoms with Gasteiger partial charge in [0.05, 0.1) is 0 Å². The lowest BCUT2D eigenvalue weighted by atomic mass is 10.0. The Hall–Kier alpha value is -3.76. The van der Waals surface area contributed by atoms with Gasteiger partial charge in [-0.25, -0.2) is 4.79 Å². The number of hydrogen-bond donors (Lipinski definition) is 4. The Morgan fingerprint density at radius 1 is 1.30 bits per heavy atom. The van der Waals surface area contributed by atoms with Crippen LogP contribution in [0.5, 0.6) is 0 Å². The number of carbonyl (C=O) groups is 1. The minimum absolute atomic E-state index is 0.102. The van der Waals surface area contributed by atoms with Gasteiger partial charge in [-0.05, 0) is 42.7 Å². The number of rotatable bonds is 8. The highest BCUT2D eigenvalue weighted by molar-refractivity contribution is 6.10. The fourth-order valence-corrected chi connectivity index (χ4v) is 3.95. The summed E-state index contributed by atoms with van der Waals surface area (Å²) in [4.78, 5) is 14.1. The Kier molecular flexibility index (Phi) is 8.50. The van der Waals surface area contributed by atoms with Gasteiger partial charge in [0, 0.05) is 55.2 Å². The maximum Gasteiger partial charge on any atom is 0.407 e. The Balaban J connectivity index is 1.67. The van der Waals surface area contributed by atoms with Crippen molar-refractivity contribution in [2.45, 2.75) is 25.4 Å². The topological polar surface area (TPSA) is 89.5 Å². The highest BCUT2D eigenvalue weighted by Crippen LogP contribution is 2.24. The van der Waals surface area contributed by atoms with Crippen LogP contribution in [0.1, 0.15) is 29.5 Å². The van der Waals surface area contributed by atoms with Gasteiger partial charge in [0.25, 0.3) is 0 Å². The van der Waals surface area contributed by atoms with E-state index in [1.54, 1.807) is 6.08 Å². The number of likely N-dealkylation sites (tertiary alicyclic amines) is 1. The Morgan fingerprint density at radius 3 is 2.76 bits per heavy atom. The van der Waals surface area contributed by atoms with Crippen LogP contribution in [0, 0.1) is 17.8 Å². The van der Waals surface area contributed by atoms with Crippen molar-refractivity contribution in [3.05, 3.63) is 71.8 Å². The molecule has 0 aliphatic carbocycles. The molecule has 2 aromatic carbocycles. The summed E-state index contributed by atoms with van der Waals surface area (Å²) in [5.74, 6) is 2.94. The van der Waals surface area contributed by atoms with E-state index in [0.717, 1.165) is 54.0 Å². The molecule has 0 bridgehead atoms. The quantitative estimate of drug-likeness (QED) is 0.213. The van der Waals surface area contributed by atoms with Crippen LogP contribution in [-0.4, -0.2) is 49.6 Å². The Labute approximate surface area is 195 Å². The van der Waals surface area contributed by atoms with Gasteiger partial charge < -0.3 is 20.7 Å². The van der Waals surface area contributed by atoms with Crippen LogP contribution in [-0.2, 0) is 11.3 Å². The predicted molar refractivity (Wildman–Crippen MR) is 134 cm³/mol. The molecule has 0 unspecified atom stereocenters. The first-order valence-electron chi connectivity index (χ1n) is 11.0. The first-order chi connectivity index (χ1) is 16.0. The first-order valence-corrected chi connectivity index (χ1v) is 11.0. The molecule has 0 spiro atoms. The van der Waals surface area contributed by atoms with E-state index < -0.39 is 6.09 Å². The third-order valence-corrected chi connectivity index (χ3v) is 5.60. The molecule has 1 heterocycles. The number of amidine groups is 1. The fourth-order valence-electron chi connectivity index (χ4n) is 3.95. The van der Waals surface area contributed by atoms with Crippen LogP contribution in [0.3, 0.4) is 0 Å². The van der Waals surface area contributed by atoms with Crippen molar-refractivity contribution >= 4 is 23.3 Å². The summed E-state index contributed by atoms with van der Waals surface area (Å²) in [5.41, 5.74) is 4.32. The van der Waals surface area contributed by atoms with E-state index in [1.807, 2.05) is 43.4 Å². The summed E-state index contributed by atoms with van der Waals surface area (Å²) in [6, 6.07) is 13.6. The molecule has 2 aromatic rings. The molecule has 0 saturated carbocycles. The largest absolute Gasteiger partial charge is 0.445 e. The second-order valence-corrected chi connectivity index (χ2v) is 7.90. The second kappa shape index (κ2) is 11.7. The summed E-state index contributed by atoms with van der Waals surface area (Å²) < 4.78 is 5.02. The van der Waals surface area contributed by atoms with Crippen molar-refractivity contribution in [1.29, 1.82) is 5.41 Å². The number of terminal acetylenes is 1. The molecule has 0 aromatic heterocycles. The minimum atomic E-state index is -0.397. The predicted octanol–water partition coefficient (Wildman–Crippen LogP) is 4.02. The Morgan fingerprint density at radius 2 is 2.06 bits per heavy atom. The third kappa shape index (κ3) is 6.61. The lowest BCUT2D eigenvalue weighted by molar-refractivity contribution is 0.140. The number of nitrogens with one attached hydrogen (secondary N) is 4. The number of piperidine rings is 1. The zero-order chi connectivity index (χ0) is 23.6. The van der Waals surface area contributed by atoms with Crippen LogP contribution < -0.4 is 16.0 Å². The van der Waals surface area contributed by atoms with Crippen molar-refractivity contribution in [2.75, 3.05) is 37.4 Å². The summed E-state index contributed by atoms with van der Waals surface area (Å²) >= 11 is 0. The molecule has 1 amide bonds. The van der Waals surface area contributed by atoms with Crippen molar-refractivity contribution in [3.8, 4) is 12.3 Å². The van der Waals surface area contributed by atoms with Crippen LogP contribution in [0.25, 0.3) is 0 Å².